The number of nitro groups is 1. The molecule has 0 saturated heterocycles. The fraction of sp³-hybridized carbons (Fsp3) is 0.364. The second-order valence-corrected chi connectivity index (χ2v) is 4.33. The number of para-hydroxylation sites is 1. The zero-order valence-electron chi connectivity index (χ0n) is 9.68. The predicted molar refractivity (Wildman–Crippen MR) is 68.7 cm³/mol. The van der Waals surface area contributed by atoms with Crippen molar-refractivity contribution in [2.75, 3.05) is 11.9 Å². The summed E-state index contributed by atoms with van der Waals surface area (Å²) in [4.78, 5) is 9.43. The molecule has 1 aromatic rings. The van der Waals surface area contributed by atoms with Crippen molar-refractivity contribution >= 4 is 22.9 Å². The van der Waals surface area contributed by atoms with Crippen molar-refractivity contribution in [3.63, 3.8) is 0 Å². The highest BCUT2D eigenvalue weighted by Crippen LogP contribution is 2.26. The summed E-state index contributed by atoms with van der Waals surface area (Å²) >= 11 is 4.83. The minimum Gasteiger partial charge on any atom is -0.350 e. The molecule has 0 aliphatic carbocycles. The predicted octanol–water partition coefficient (Wildman–Crippen LogP) is 3.27. The van der Waals surface area contributed by atoms with Crippen LogP contribution in [0.4, 0.5) is 18.9 Å². The number of hydrogen-bond acceptors (Lipinski definition) is 3. The van der Waals surface area contributed by atoms with E-state index in [-0.39, 0.29) is 4.99 Å². The first-order valence-corrected chi connectivity index (χ1v) is 5.73. The quantitative estimate of drug-likeness (QED) is 0.514. The molecule has 0 aliphatic heterocycles. The summed E-state index contributed by atoms with van der Waals surface area (Å²) < 4.78 is 37.0. The van der Waals surface area contributed by atoms with Crippen LogP contribution in [-0.4, -0.2) is 22.6 Å². The van der Waals surface area contributed by atoms with Gasteiger partial charge in [0.1, 0.15) is 0 Å². The molecule has 0 spiro atoms. The smallest absolute Gasteiger partial charge is 0.350 e. The summed E-state index contributed by atoms with van der Waals surface area (Å²) in [5.74, 6) is -1.37. The molecule has 0 aromatic heterocycles. The molecule has 1 N–H and O–H groups in total. The Labute approximate surface area is 112 Å². The van der Waals surface area contributed by atoms with Crippen molar-refractivity contribution in [2.24, 2.45) is 5.92 Å². The van der Waals surface area contributed by atoms with E-state index in [0.29, 0.717) is 5.69 Å². The number of thiocarbonyl (C=S) groups is 1. The van der Waals surface area contributed by atoms with Gasteiger partial charge in [-0.1, -0.05) is 30.4 Å². The molecule has 1 rings (SSSR count). The van der Waals surface area contributed by atoms with Gasteiger partial charge in [0.25, 0.3) is 0 Å². The Morgan fingerprint density at radius 2 is 1.95 bits per heavy atom. The summed E-state index contributed by atoms with van der Waals surface area (Å²) in [5.41, 5.74) is 0.503. The molecule has 8 heteroatoms. The topological polar surface area (TPSA) is 55.2 Å². The van der Waals surface area contributed by atoms with Gasteiger partial charge in [0.05, 0.1) is 17.3 Å². The van der Waals surface area contributed by atoms with Crippen LogP contribution in [0.15, 0.2) is 30.3 Å². The van der Waals surface area contributed by atoms with Crippen LogP contribution in [-0.2, 0) is 0 Å². The van der Waals surface area contributed by atoms with Gasteiger partial charge in [-0.2, -0.15) is 13.2 Å². The lowest BCUT2D eigenvalue weighted by molar-refractivity contribution is -0.486. The molecule has 4 nitrogen and oxygen atoms in total. The van der Waals surface area contributed by atoms with Gasteiger partial charge in [0.2, 0.25) is 6.54 Å². The zero-order chi connectivity index (χ0) is 14.5. The number of benzene rings is 1. The van der Waals surface area contributed by atoms with Crippen LogP contribution in [0.25, 0.3) is 0 Å². The molecular formula is C11H11F3N2O2S. The number of alkyl halides is 3. The van der Waals surface area contributed by atoms with Crippen LogP contribution in [0.1, 0.15) is 6.42 Å². The number of nitrogens with zero attached hydrogens (tertiary/aromatic N) is 1. The van der Waals surface area contributed by atoms with Gasteiger partial charge in [-0.25, -0.2) is 0 Å². The first kappa shape index (κ1) is 15.4. The molecule has 0 saturated carbocycles. The maximum atomic E-state index is 12.3. The Morgan fingerprint density at radius 3 is 2.42 bits per heavy atom. The van der Waals surface area contributed by atoms with Crippen molar-refractivity contribution in [3.05, 3.63) is 40.4 Å². The van der Waals surface area contributed by atoms with Crippen molar-refractivity contribution in [2.45, 2.75) is 12.6 Å². The number of nitrogens with one attached hydrogen (secondary N) is 1. The summed E-state index contributed by atoms with van der Waals surface area (Å²) in [5, 5.41) is 13.0. The van der Waals surface area contributed by atoms with E-state index < -0.39 is 30.0 Å². The van der Waals surface area contributed by atoms with Crippen LogP contribution in [0.5, 0.6) is 0 Å². The molecule has 1 atom stereocenters. The van der Waals surface area contributed by atoms with Gasteiger partial charge in [0, 0.05) is 10.6 Å². The van der Waals surface area contributed by atoms with E-state index >= 15 is 0 Å². The van der Waals surface area contributed by atoms with Crippen LogP contribution in [0.3, 0.4) is 0 Å². The van der Waals surface area contributed by atoms with Gasteiger partial charge >= 0.3 is 6.18 Å². The van der Waals surface area contributed by atoms with Gasteiger partial charge in [-0.05, 0) is 12.1 Å². The first-order valence-electron chi connectivity index (χ1n) is 5.32. The Kier molecular flexibility index (Phi) is 5.22. The molecule has 1 aromatic carbocycles. The Bertz CT molecular complexity index is 451. The fourth-order valence-electron chi connectivity index (χ4n) is 1.47. The molecule has 0 fully saturated rings. The summed E-state index contributed by atoms with van der Waals surface area (Å²) in [6.07, 6.45) is -5.81. The van der Waals surface area contributed by atoms with Gasteiger partial charge in [-0.3, -0.25) is 10.1 Å². The molecule has 0 radical (unpaired) electrons. The van der Waals surface area contributed by atoms with E-state index in [1.807, 2.05) is 0 Å². The average molecular weight is 292 g/mol. The van der Waals surface area contributed by atoms with E-state index in [1.54, 1.807) is 30.3 Å². The molecule has 19 heavy (non-hydrogen) atoms. The normalized spacial score (nSPS) is 12.8. The monoisotopic (exact) mass is 292 g/mol. The zero-order valence-corrected chi connectivity index (χ0v) is 10.5. The molecule has 0 amide bonds. The number of hydrogen-bond donors (Lipinski definition) is 1. The number of halogens is 3. The van der Waals surface area contributed by atoms with Crippen LogP contribution in [0, 0.1) is 16.0 Å². The summed E-state index contributed by atoms with van der Waals surface area (Å²) in [6.45, 7) is -0.849. The largest absolute Gasteiger partial charge is 0.390 e. The third-order valence-corrected chi connectivity index (χ3v) is 2.69. The lowest BCUT2D eigenvalue weighted by Gasteiger charge is -2.17. The Hall–Kier alpha value is -1.70. The minimum absolute atomic E-state index is 0.180. The highest BCUT2D eigenvalue weighted by atomic mass is 32.1. The first-order chi connectivity index (χ1) is 8.78. The lowest BCUT2D eigenvalue weighted by atomic mass is 10.1. The second kappa shape index (κ2) is 6.46. The molecule has 0 aliphatic rings. The number of anilines is 1. The van der Waals surface area contributed by atoms with Gasteiger partial charge in [0.15, 0.2) is 0 Å². The molecular weight excluding hydrogens is 281 g/mol. The maximum absolute atomic E-state index is 12.3. The third kappa shape index (κ3) is 6.14. The van der Waals surface area contributed by atoms with E-state index in [1.165, 1.54) is 0 Å². The SMILES string of the molecule is O=[N+]([O-])CC(CC(F)(F)F)C(=S)Nc1ccccc1. The van der Waals surface area contributed by atoms with Crippen molar-refractivity contribution in [3.8, 4) is 0 Å². The second-order valence-electron chi connectivity index (χ2n) is 3.89. The van der Waals surface area contributed by atoms with E-state index in [9.17, 15) is 23.3 Å². The molecule has 104 valence electrons. The van der Waals surface area contributed by atoms with E-state index in [4.69, 9.17) is 12.2 Å². The van der Waals surface area contributed by atoms with Crippen LogP contribution in [0.2, 0.25) is 0 Å². The van der Waals surface area contributed by atoms with Crippen LogP contribution >= 0.6 is 12.2 Å². The van der Waals surface area contributed by atoms with E-state index in [0.717, 1.165) is 0 Å². The van der Waals surface area contributed by atoms with Gasteiger partial charge in [-0.15, -0.1) is 0 Å². The highest BCUT2D eigenvalue weighted by molar-refractivity contribution is 7.80. The van der Waals surface area contributed by atoms with Crippen molar-refractivity contribution in [1.29, 1.82) is 0 Å². The Balaban J connectivity index is 2.74. The van der Waals surface area contributed by atoms with Crippen molar-refractivity contribution in [1.82, 2.24) is 0 Å². The molecule has 0 heterocycles. The fourth-order valence-corrected chi connectivity index (χ4v) is 1.74. The van der Waals surface area contributed by atoms with Gasteiger partial charge < -0.3 is 5.32 Å². The minimum atomic E-state index is -4.50. The van der Waals surface area contributed by atoms with E-state index in [2.05, 4.69) is 5.32 Å². The molecule has 1 unspecified atom stereocenters. The summed E-state index contributed by atoms with van der Waals surface area (Å²) in [6, 6.07) is 8.32. The number of rotatable bonds is 5. The average Bonchev–Trinajstić information content (AvgIpc) is 2.27. The maximum Gasteiger partial charge on any atom is 0.390 e. The third-order valence-electron chi connectivity index (χ3n) is 2.26. The van der Waals surface area contributed by atoms with Crippen molar-refractivity contribution < 1.29 is 18.1 Å². The molecule has 0 bridgehead atoms. The standard InChI is InChI=1S/C11H11F3N2O2S/c12-11(13,14)6-8(7-16(17)18)10(19)15-9-4-2-1-3-5-9/h1-5,8H,6-7H2,(H,15,19). The summed E-state index contributed by atoms with van der Waals surface area (Å²) in [7, 11) is 0. The Morgan fingerprint density at radius 1 is 1.37 bits per heavy atom. The highest BCUT2D eigenvalue weighted by Gasteiger charge is 2.36. The lowest BCUT2D eigenvalue weighted by Crippen LogP contribution is -2.31. The van der Waals surface area contributed by atoms with Crippen LogP contribution < -0.4 is 5.32 Å².